The van der Waals surface area contributed by atoms with Gasteiger partial charge in [0.2, 0.25) is 0 Å². The van der Waals surface area contributed by atoms with Crippen LogP contribution in [0.2, 0.25) is 5.02 Å². The fourth-order valence-corrected chi connectivity index (χ4v) is 2.88. The van der Waals surface area contributed by atoms with Crippen molar-refractivity contribution in [2.45, 2.75) is 6.92 Å². The van der Waals surface area contributed by atoms with E-state index in [0.717, 1.165) is 5.69 Å². The zero-order chi connectivity index (χ0) is 19.2. The molecule has 8 nitrogen and oxygen atoms in total. The first-order valence-corrected chi connectivity index (χ1v) is 9.00. The van der Waals surface area contributed by atoms with Crippen molar-refractivity contribution >= 4 is 35.1 Å². The van der Waals surface area contributed by atoms with Crippen LogP contribution in [0.5, 0.6) is 0 Å². The second-order valence-electron chi connectivity index (χ2n) is 5.90. The molecule has 1 aromatic heterocycles. The van der Waals surface area contributed by atoms with E-state index in [9.17, 15) is 9.59 Å². The van der Waals surface area contributed by atoms with Crippen LogP contribution in [0.4, 0.5) is 16.3 Å². The van der Waals surface area contributed by atoms with Gasteiger partial charge in [-0.3, -0.25) is 4.79 Å². The fourth-order valence-electron chi connectivity index (χ4n) is 2.69. The maximum atomic E-state index is 12.6. The van der Waals surface area contributed by atoms with E-state index in [0.29, 0.717) is 43.6 Å². The molecule has 2 aromatic rings. The number of amides is 2. The quantitative estimate of drug-likeness (QED) is 0.865. The Hall–Kier alpha value is -2.87. The summed E-state index contributed by atoms with van der Waals surface area (Å²) in [6.45, 7) is 3.84. The number of aromatic nitrogens is 2. The standard InChI is InChI=1S/C18H20ClN5O3/c1-2-27-18(26)24-8-6-23(7-9-24)17(25)15-11-21-16(12-20-15)22-14-5-3-4-13(19)10-14/h3-5,10-12H,2,6-9H2,1H3,(H,21,22). The summed E-state index contributed by atoms with van der Waals surface area (Å²) < 4.78 is 4.98. The van der Waals surface area contributed by atoms with E-state index in [1.54, 1.807) is 28.9 Å². The fraction of sp³-hybridized carbons (Fsp3) is 0.333. The number of carbonyl (C=O) groups is 2. The summed E-state index contributed by atoms with van der Waals surface area (Å²) >= 11 is 5.95. The van der Waals surface area contributed by atoms with Gasteiger partial charge < -0.3 is 19.9 Å². The number of piperazine rings is 1. The average molecular weight is 390 g/mol. The van der Waals surface area contributed by atoms with Crippen molar-refractivity contribution in [3.8, 4) is 0 Å². The molecule has 1 aromatic carbocycles. The lowest BCUT2D eigenvalue weighted by molar-refractivity contribution is 0.0565. The van der Waals surface area contributed by atoms with Gasteiger partial charge in [-0.2, -0.15) is 0 Å². The highest BCUT2D eigenvalue weighted by atomic mass is 35.5. The summed E-state index contributed by atoms with van der Waals surface area (Å²) in [7, 11) is 0. The van der Waals surface area contributed by atoms with E-state index in [-0.39, 0.29) is 17.7 Å². The van der Waals surface area contributed by atoms with Crippen molar-refractivity contribution in [1.82, 2.24) is 19.8 Å². The minimum atomic E-state index is -0.346. The molecule has 1 aliphatic rings. The Morgan fingerprint density at radius 3 is 2.52 bits per heavy atom. The summed E-state index contributed by atoms with van der Waals surface area (Å²) in [5.41, 5.74) is 1.04. The smallest absolute Gasteiger partial charge is 0.409 e. The van der Waals surface area contributed by atoms with Crippen molar-refractivity contribution in [2.24, 2.45) is 0 Å². The van der Waals surface area contributed by atoms with Gasteiger partial charge in [0.05, 0.1) is 19.0 Å². The first kappa shape index (κ1) is 18.9. The predicted molar refractivity (Wildman–Crippen MR) is 101 cm³/mol. The van der Waals surface area contributed by atoms with Gasteiger partial charge in [0, 0.05) is 36.9 Å². The lowest BCUT2D eigenvalue weighted by atomic mass is 10.3. The highest BCUT2D eigenvalue weighted by Crippen LogP contribution is 2.18. The SMILES string of the molecule is CCOC(=O)N1CCN(C(=O)c2cnc(Nc3cccc(Cl)c3)cn2)CC1. The third-order valence-electron chi connectivity index (χ3n) is 4.06. The van der Waals surface area contributed by atoms with Gasteiger partial charge in [0.25, 0.3) is 5.91 Å². The minimum absolute atomic E-state index is 0.208. The summed E-state index contributed by atoms with van der Waals surface area (Å²) in [5.74, 6) is 0.307. The topological polar surface area (TPSA) is 87.7 Å². The lowest BCUT2D eigenvalue weighted by Crippen LogP contribution is -2.50. The normalized spacial score (nSPS) is 14.0. The molecule has 0 spiro atoms. The predicted octanol–water partition coefficient (Wildman–Crippen LogP) is 2.79. The summed E-state index contributed by atoms with van der Waals surface area (Å²) in [5, 5.41) is 3.69. The molecule has 0 atom stereocenters. The van der Waals surface area contributed by atoms with Crippen LogP contribution < -0.4 is 5.32 Å². The Labute approximate surface area is 162 Å². The summed E-state index contributed by atoms with van der Waals surface area (Å²) in [6, 6.07) is 7.23. The molecule has 0 saturated carbocycles. The molecule has 0 aliphatic carbocycles. The molecule has 1 saturated heterocycles. The third kappa shape index (κ3) is 4.85. The van der Waals surface area contributed by atoms with Crippen molar-refractivity contribution in [3.63, 3.8) is 0 Å². The Kier molecular flexibility index (Phi) is 6.08. The van der Waals surface area contributed by atoms with E-state index >= 15 is 0 Å². The van der Waals surface area contributed by atoms with Gasteiger partial charge in [0.1, 0.15) is 11.5 Å². The van der Waals surface area contributed by atoms with Crippen LogP contribution in [-0.4, -0.2) is 64.6 Å². The van der Waals surface area contributed by atoms with Crippen molar-refractivity contribution < 1.29 is 14.3 Å². The Balaban J connectivity index is 1.57. The number of halogens is 1. The number of nitrogens with zero attached hydrogens (tertiary/aromatic N) is 4. The lowest BCUT2D eigenvalue weighted by Gasteiger charge is -2.33. The molecule has 3 rings (SSSR count). The van der Waals surface area contributed by atoms with Crippen LogP contribution in [0.1, 0.15) is 17.4 Å². The Bertz CT molecular complexity index is 807. The van der Waals surface area contributed by atoms with E-state index in [1.165, 1.54) is 12.4 Å². The van der Waals surface area contributed by atoms with E-state index in [2.05, 4.69) is 15.3 Å². The molecule has 27 heavy (non-hydrogen) atoms. The van der Waals surface area contributed by atoms with Gasteiger partial charge in [-0.25, -0.2) is 14.8 Å². The van der Waals surface area contributed by atoms with Gasteiger partial charge >= 0.3 is 6.09 Å². The van der Waals surface area contributed by atoms with Gasteiger partial charge in [-0.1, -0.05) is 17.7 Å². The van der Waals surface area contributed by atoms with Crippen LogP contribution in [0.3, 0.4) is 0 Å². The second-order valence-corrected chi connectivity index (χ2v) is 6.34. The summed E-state index contributed by atoms with van der Waals surface area (Å²) in [4.78, 5) is 36.0. The number of rotatable bonds is 4. The average Bonchev–Trinajstić information content (AvgIpc) is 2.68. The largest absolute Gasteiger partial charge is 0.450 e. The number of nitrogens with one attached hydrogen (secondary N) is 1. The molecule has 0 radical (unpaired) electrons. The number of hydrogen-bond donors (Lipinski definition) is 1. The zero-order valence-electron chi connectivity index (χ0n) is 14.9. The number of ether oxygens (including phenoxy) is 1. The highest BCUT2D eigenvalue weighted by Gasteiger charge is 2.26. The monoisotopic (exact) mass is 389 g/mol. The van der Waals surface area contributed by atoms with Gasteiger partial charge in [-0.05, 0) is 25.1 Å². The maximum Gasteiger partial charge on any atom is 0.409 e. The van der Waals surface area contributed by atoms with E-state index in [4.69, 9.17) is 16.3 Å². The van der Waals surface area contributed by atoms with Crippen LogP contribution in [0, 0.1) is 0 Å². The number of benzene rings is 1. The molecule has 1 aliphatic heterocycles. The summed E-state index contributed by atoms with van der Waals surface area (Å²) in [6.07, 6.45) is 2.59. The van der Waals surface area contributed by atoms with Crippen molar-refractivity contribution in [2.75, 3.05) is 38.1 Å². The van der Waals surface area contributed by atoms with Crippen LogP contribution in [0.25, 0.3) is 0 Å². The van der Waals surface area contributed by atoms with E-state index < -0.39 is 0 Å². The molecule has 9 heteroatoms. The Morgan fingerprint density at radius 2 is 1.89 bits per heavy atom. The molecule has 1 fully saturated rings. The van der Waals surface area contributed by atoms with Crippen LogP contribution in [-0.2, 0) is 4.74 Å². The molecule has 2 amide bonds. The first-order chi connectivity index (χ1) is 13.1. The third-order valence-corrected chi connectivity index (χ3v) is 4.30. The molecular weight excluding hydrogens is 370 g/mol. The number of carbonyl (C=O) groups excluding carboxylic acids is 2. The molecule has 0 bridgehead atoms. The second kappa shape index (κ2) is 8.68. The zero-order valence-corrected chi connectivity index (χ0v) is 15.6. The molecule has 1 N–H and O–H groups in total. The Morgan fingerprint density at radius 1 is 1.15 bits per heavy atom. The molecular formula is C18H20ClN5O3. The van der Waals surface area contributed by atoms with Gasteiger partial charge in [0.15, 0.2) is 0 Å². The van der Waals surface area contributed by atoms with Crippen LogP contribution >= 0.6 is 11.6 Å². The first-order valence-electron chi connectivity index (χ1n) is 8.62. The number of anilines is 2. The highest BCUT2D eigenvalue weighted by molar-refractivity contribution is 6.30. The molecule has 2 heterocycles. The molecule has 0 unspecified atom stereocenters. The van der Waals surface area contributed by atoms with E-state index in [1.807, 2.05) is 12.1 Å². The van der Waals surface area contributed by atoms with Crippen LogP contribution in [0.15, 0.2) is 36.7 Å². The number of hydrogen-bond acceptors (Lipinski definition) is 6. The van der Waals surface area contributed by atoms with Gasteiger partial charge in [-0.15, -0.1) is 0 Å². The maximum absolute atomic E-state index is 12.6. The van der Waals surface area contributed by atoms with Crippen molar-refractivity contribution in [1.29, 1.82) is 0 Å². The van der Waals surface area contributed by atoms with Crippen molar-refractivity contribution in [3.05, 3.63) is 47.4 Å². The molecule has 142 valence electrons. The minimum Gasteiger partial charge on any atom is -0.450 e.